The van der Waals surface area contributed by atoms with E-state index >= 15 is 0 Å². The molecule has 7 nitrogen and oxygen atoms in total. The third-order valence-electron chi connectivity index (χ3n) is 3.61. The summed E-state index contributed by atoms with van der Waals surface area (Å²) in [4.78, 5) is 23.5. The van der Waals surface area contributed by atoms with Gasteiger partial charge in [-0.15, -0.1) is 0 Å². The molecule has 0 radical (unpaired) electrons. The number of rotatable bonds is 6. The smallest absolute Gasteiger partial charge is 0.314 e. The number of benzene rings is 1. The number of nitrogens with zero attached hydrogens (tertiary/aromatic N) is 2. The molecule has 4 N–H and O–H groups in total. The van der Waals surface area contributed by atoms with E-state index in [2.05, 4.69) is 30.9 Å². The Hall–Kier alpha value is -3.09. The maximum absolute atomic E-state index is 11.1. The fourth-order valence-corrected chi connectivity index (χ4v) is 2.38. The zero-order chi connectivity index (χ0) is 16.8. The largest absolute Gasteiger partial charge is 0.369 e. The quantitative estimate of drug-likeness (QED) is 0.524. The van der Waals surface area contributed by atoms with Gasteiger partial charge in [0.2, 0.25) is 0 Å². The van der Waals surface area contributed by atoms with Crippen molar-refractivity contribution in [3.63, 3.8) is 0 Å². The highest BCUT2D eigenvalue weighted by molar-refractivity contribution is 5.88. The van der Waals surface area contributed by atoms with E-state index in [1.165, 1.54) is 0 Å². The zero-order valence-corrected chi connectivity index (χ0v) is 13.5. The first-order chi connectivity index (χ1) is 11.8. The Morgan fingerprint density at radius 1 is 1.12 bits per heavy atom. The molecule has 2 heterocycles. The molecule has 2 amide bonds. The Bertz CT molecular complexity index is 814. The molecule has 1 aromatic carbocycles. The van der Waals surface area contributed by atoms with Gasteiger partial charge in [-0.2, -0.15) is 0 Å². The first kappa shape index (κ1) is 15.8. The highest BCUT2D eigenvalue weighted by Gasteiger charge is 2.09. The van der Waals surface area contributed by atoms with Gasteiger partial charge in [0, 0.05) is 31.9 Å². The van der Waals surface area contributed by atoms with Crippen LogP contribution >= 0.6 is 0 Å². The Balaban J connectivity index is 1.72. The number of amides is 2. The third-order valence-corrected chi connectivity index (χ3v) is 3.61. The van der Waals surface area contributed by atoms with E-state index in [0.29, 0.717) is 18.9 Å². The molecular formula is C17H20N6O. The molecule has 0 saturated carbocycles. The maximum Gasteiger partial charge on any atom is 0.314 e. The number of urea groups is 1. The Kier molecular flexibility index (Phi) is 4.90. The van der Waals surface area contributed by atoms with E-state index in [1.54, 1.807) is 7.05 Å². The molecule has 0 aliphatic heterocycles. The van der Waals surface area contributed by atoms with Gasteiger partial charge >= 0.3 is 6.03 Å². The van der Waals surface area contributed by atoms with Gasteiger partial charge in [-0.3, -0.25) is 0 Å². The van der Waals surface area contributed by atoms with Crippen molar-refractivity contribution < 1.29 is 4.79 Å². The minimum absolute atomic E-state index is 0.170. The maximum atomic E-state index is 11.1. The van der Waals surface area contributed by atoms with Crippen LogP contribution in [0.4, 0.5) is 10.6 Å². The van der Waals surface area contributed by atoms with Crippen molar-refractivity contribution in [2.45, 2.75) is 6.42 Å². The molecule has 7 heteroatoms. The number of aromatic amines is 1. The first-order valence-corrected chi connectivity index (χ1v) is 7.88. The number of hydrogen-bond donors (Lipinski definition) is 4. The van der Waals surface area contributed by atoms with Crippen molar-refractivity contribution in [2.75, 3.05) is 25.5 Å². The molecule has 124 valence electrons. The number of anilines is 1. The number of fused-ring (bicyclic) bond motifs is 1. The van der Waals surface area contributed by atoms with Crippen LogP contribution in [0.15, 0.2) is 42.6 Å². The van der Waals surface area contributed by atoms with Crippen LogP contribution < -0.4 is 16.0 Å². The van der Waals surface area contributed by atoms with E-state index < -0.39 is 0 Å². The van der Waals surface area contributed by atoms with E-state index in [1.807, 2.05) is 42.6 Å². The number of aromatic nitrogens is 3. The molecule has 0 aliphatic carbocycles. The molecule has 3 rings (SSSR count). The molecule has 0 spiro atoms. The predicted molar refractivity (Wildman–Crippen MR) is 94.9 cm³/mol. The van der Waals surface area contributed by atoms with Gasteiger partial charge in [-0.05, 0) is 12.5 Å². The Morgan fingerprint density at radius 2 is 1.96 bits per heavy atom. The zero-order valence-electron chi connectivity index (χ0n) is 13.5. The standard InChI is InChI=1S/C17H20N6O/c1-18-17(24)21-10-5-9-19-15-13-8-11-20-16(13)23-14(22-15)12-6-3-2-4-7-12/h2-4,6-8,11H,5,9-10H2,1H3,(H2,18,21,24)(H2,19,20,22,23). The lowest BCUT2D eigenvalue weighted by molar-refractivity contribution is 0.243. The van der Waals surface area contributed by atoms with Crippen molar-refractivity contribution in [1.82, 2.24) is 25.6 Å². The van der Waals surface area contributed by atoms with E-state index in [0.717, 1.165) is 28.8 Å². The molecule has 0 fully saturated rings. The average molecular weight is 324 g/mol. The fraction of sp³-hybridized carbons (Fsp3) is 0.235. The number of carbonyl (C=O) groups is 1. The second kappa shape index (κ2) is 7.45. The minimum atomic E-state index is -0.170. The topological polar surface area (TPSA) is 94.7 Å². The lowest BCUT2D eigenvalue weighted by Crippen LogP contribution is -2.33. The van der Waals surface area contributed by atoms with Crippen LogP contribution in [-0.2, 0) is 0 Å². The van der Waals surface area contributed by atoms with Crippen LogP contribution in [0.5, 0.6) is 0 Å². The first-order valence-electron chi connectivity index (χ1n) is 7.88. The van der Waals surface area contributed by atoms with Crippen LogP contribution in [0.2, 0.25) is 0 Å². The number of H-pyrrole nitrogens is 1. The third kappa shape index (κ3) is 3.62. The summed E-state index contributed by atoms with van der Waals surface area (Å²) in [5.74, 6) is 1.47. The highest BCUT2D eigenvalue weighted by atomic mass is 16.2. The average Bonchev–Trinajstić information content (AvgIpc) is 3.10. The number of nitrogens with one attached hydrogen (secondary N) is 4. The van der Waals surface area contributed by atoms with Crippen molar-refractivity contribution in [1.29, 1.82) is 0 Å². The highest BCUT2D eigenvalue weighted by Crippen LogP contribution is 2.23. The van der Waals surface area contributed by atoms with Crippen molar-refractivity contribution in [2.24, 2.45) is 0 Å². The van der Waals surface area contributed by atoms with Gasteiger partial charge < -0.3 is 20.9 Å². The summed E-state index contributed by atoms with van der Waals surface area (Å²) in [6, 6.07) is 11.7. The predicted octanol–water partition coefficient (Wildman–Crippen LogP) is 2.36. The van der Waals surface area contributed by atoms with E-state index in [4.69, 9.17) is 0 Å². The van der Waals surface area contributed by atoms with Gasteiger partial charge in [0.05, 0.1) is 5.39 Å². The minimum Gasteiger partial charge on any atom is -0.369 e. The van der Waals surface area contributed by atoms with E-state index in [9.17, 15) is 4.79 Å². The van der Waals surface area contributed by atoms with Crippen LogP contribution in [-0.4, -0.2) is 41.1 Å². The second-order valence-corrected chi connectivity index (χ2v) is 5.29. The van der Waals surface area contributed by atoms with Gasteiger partial charge in [-0.25, -0.2) is 14.8 Å². The van der Waals surface area contributed by atoms with Crippen LogP contribution in [0.3, 0.4) is 0 Å². The molecule has 0 saturated heterocycles. The lowest BCUT2D eigenvalue weighted by Gasteiger charge is -2.09. The van der Waals surface area contributed by atoms with Crippen molar-refractivity contribution >= 4 is 22.9 Å². The molecule has 2 aromatic heterocycles. The Labute approximate surface area is 139 Å². The van der Waals surface area contributed by atoms with Crippen LogP contribution in [0.1, 0.15) is 6.42 Å². The SMILES string of the molecule is CNC(=O)NCCCNc1nc(-c2ccccc2)nc2[nH]ccc12. The van der Waals surface area contributed by atoms with Gasteiger partial charge in [0.1, 0.15) is 11.5 Å². The van der Waals surface area contributed by atoms with Crippen molar-refractivity contribution in [3.8, 4) is 11.4 Å². The summed E-state index contributed by atoms with van der Waals surface area (Å²) in [5.41, 5.74) is 1.77. The normalized spacial score (nSPS) is 10.5. The number of hydrogen-bond acceptors (Lipinski definition) is 4. The monoisotopic (exact) mass is 324 g/mol. The summed E-state index contributed by atoms with van der Waals surface area (Å²) in [6.45, 7) is 1.30. The summed E-state index contributed by atoms with van der Waals surface area (Å²) >= 11 is 0. The number of carbonyl (C=O) groups excluding carboxylic acids is 1. The van der Waals surface area contributed by atoms with Crippen LogP contribution in [0.25, 0.3) is 22.4 Å². The van der Waals surface area contributed by atoms with Gasteiger partial charge in [-0.1, -0.05) is 30.3 Å². The van der Waals surface area contributed by atoms with Gasteiger partial charge in [0.15, 0.2) is 5.82 Å². The van der Waals surface area contributed by atoms with Crippen LogP contribution in [0, 0.1) is 0 Å². The van der Waals surface area contributed by atoms with E-state index in [-0.39, 0.29) is 6.03 Å². The summed E-state index contributed by atoms with van der Waals surface area (Å²) in [6.07, 6.45) is 2.65. The summed E-state index contributed by atoms with van der Waals surface area (Å²) in [7, 11) is 1.60. The van der Waals surface area contributed by atoms with Gasteiger partial charge in [0.25, 0.3) is 0 Å². The molecule has 0 aliphatic rings. The fourth-order valence-electron chi connectivity index (χ4n) is 2.38. The molecule has 3 aromatic rings. The Morgan fingerprint density at radius 3 is 2.75 bits per heavy atom. The molecular weight excluding hydrogens is 304 g/mol. The summed E-state index contributed by atoms with van der Waals surface area (Å²) < 4.78 is 0. The lowest BCUT2D eigenvalue weighted by atomic mass is 10.2. The molecule has 0 unspecified atom stereocenters. The summed E-state index contributed by atoms with van der Waals surface area (Å²) in [5, 5.41) is 9.57. The van der Waals surface area contributed by atoms with Crippen molar-refractivity contribution in [3.05, 3.63) is 42.6 Å². The molecule has 24 heavy (non-hydrogen) atoms. The second-order valence-electron chi connectivity index (χ2n) is 5.29. The molecule has 0 atom stereocenters. The molecule has 0 bridgehead atoms.